The van der Waals surface area contributed by atoms with Crippen molar-refractivity contribution < 1.29 is 4.74 Å². The molecule has 5 nitrogen and oxygen atoms in total. The van der Waals surface area contributed by atoms with Gasteiger partial charge in [0.15, 0.2) is 5.96 Å². The van der Waals surface area contributed by atoms with Crippen LogP contribution >= 0.6 is 11.6 Å². The van der Waals surface area contributed by atoms with E-state index in [-0.39, 0.29) is 0 Å². The van der Waals surface area contributed by atoms with E-state index in [1.54, 1.807) is 12.3 Å². The summed E-state index contributed by atoms with van der Waals surface area (Å²) in [6.45, 7) is 7.70. The number of aromatic nitrogens is 1. The normalized spacial score (nSPS) is 12.7. The Morgan fingerprint density at radius 2 is 1.96 bits per heavy atom. The molecular weight excluding hydrogens is 348 g/mol. The molecule has 6 heteroatoms. The van der Waals surface area contributed by atoms with Gasteiger partial charge >= 0.3 is 0 Å². The number of pyridine rings is 1. The molecule has 1 unspecified atom stereocenters. The Kier molecular flexibility index (Phi) is 8.93. The van der Waals surface area contributed by atoms with Crippen molar-refractivity contribution in [3.8, 4) is 0 Å². The smallest absolute Gasteiger partial charge is 0.191 e. The number of rotatable bonds is 9. The molecule has 26 heavy (non-hydrogen) atoms. The van der Waals surface area contributed by atoms with Gasteiger partial charge in [-0.25, -0.2) is 9.98 Å². The van der Waals surface area contributed by atoms with Gasteiger partial charge < -0.3 is 15.4 Å². The van der Waals surface area contributed by atoms with Gasteiger partial charge in [0, 0.05) is 19.3 Å². The highest BCUT2D eigenvalue weighted by Gasteiger charge is 2.05. The Bertz CT molecular complexity index is 661. The van der Waals surface area contributed by atoms with Crippen LogP contribution in [0.25, 0.3) is 0 Å². The van der Waals surface area contributed by atoms with Crippen LogP contribution in [0, 0.1) is 5.92 Å². The first-order valence-electron chi connectivity index (χ1n) is 8.91. The fraction of sp³-hybridized carbons (Fsp3) is 0.400. The van der Waals surface area contributed by atoms with Gasteiger partial charge in [0.05, 0.1) is 19.8 Å². The van der Waals surface area contributed by atoms with Crippen molar-refractivity contribution in [2.45, 2.75) is 27.0 Å². The van der Waals surface area contributed by atoms with Crippen molar-refractivity contribution in [1.29, 1.82) is 0 Å². The van der Waals surface area contributed by atoms with E-state index < -0.39 is 0 Å². The molecule has 2 rings (SSSR count). The largest absolute Gasteiger partial charge is 0.376 e. The van der Waals surface area contributed by atoms with Crippen molar-refractivity contribution >= 4 is 17.6 Å². The summed E-state index contributed by atoms with van der Waals surface area (Å²) in [4.78, 5) is 8.66. The lowest BCUT2D eigenvalue weighted by atomic mass is 10.2. The van der Waals surface area contributed by atoms with Crippen LogP contribution in [0.2, 0.25) is 5.15 Å². The Hall–Kier alpha value is -2.11. The number of guanidine groups is 1. The van der Waals surface area contributed by atoms with Gasteiger partial charge in [0.1, 0.15) is 5.15 Å². The summed E-state index contributed by atoms with van der Waals surface area (Å²) in [5.41, 5.74) is 2.21. The highest BCUT2D eigenvalue weighted by Crippen LogP contribution is 2.06. The minimum atomic E-state index is 0.375. The fourth-order valence-corrected chi connectivity index (χ4v) is 2.41. The molecular formula is C20H27ClN4O. The Morgan fingerprint density at radius 1 is 1.15 bits per heavy atom. The van der Waals surface area contributed by atoms with Crippen LogP contribution in [-0.4, -0.2) is 30.6 Å². The van der Waals surface area contributed by atoms with Gasteiger partial charge in [-0.3, -0.25) is 0 Å². The van der Waals surface area contributed by atoms with Crippen molar-refractivity contribution in [2.75, 3.05) is 19.7 Å². The van der Waals surface area contributed by atoms with Crippen LogP contribution in [0.4, 0.5) is 0 Å². The average Bonchev–Trinajstić information content (AvgIpc) is 2.66. The maximum absolute atomic E-state index is 5.81. The molecule has 1 atom stereocenters. The van der Waals surface area contributed by atoms with Gasteiger partial charge in [-0.2, -0.15) is 0 Å². The molecule has 1 aromatic heterocycles. The van der Waals surface area contributed by atoms with E-state index in [1.807, 2.05) is 31.2 Å². The van der Waals surface area contributed by atoms with E-state index >= 15 is 0 Å². The first-order chi connectivity index (χ1) is 12.7. The fourth-order valence-electron chi connectivity index (χ4n) is 2.29. The molecule has 0 amide bonds. The lowest BCUT2D eigenvalue weighted by Gasteiger charge is -2.16. The maximum atomic E-state index is 5.81. The Labute approximate surface area is 160 Å². The summed E-state index contributed by atoms with van der Waals surface area (Å²) in [7, 11) is 0. The summed E-state index contributed by atoms with van der Waals surface area (Å²) >= 11 is 5.81. The number of benzene rings is 1. The molecule has 1 aromatic carbocycles. The summed E-state index contributed by atoms with van der Waals surface area (Å²) in [5, 5.41) is 7.11. The molecule has 0 spiro atoms. The van der Waals surface area contributed by atoms with Gasteiger partial charge in [0.25, 0.3) is 0 Å². The van der Waals surface area contributed by atoms with Crippen LogP contribution in [0.1, 0.15) is 25.0 Å². The third-order valence-electron chi connectivity index (χ3n) is 3.68. The monoisotopic (exact) mass is 374 g/mol. The van der Waals surface area contributed by atoms with Gasteiger partial charge in [-0.15, -0.1) is 0 Å². The third kappa shape index (κ3) is 7.85. The minimum Gasteiger partial charge on any atom is -0.376 e. The number of nitrogens with one attached hydrogen (secondary N) is 2. The maximum Gasteiger partial charge on any atom is 0.191 e. The molecule has 2 aromatic rings. The summed E-state index contributed by atoms with van der Waals surface area (Å²) in [6.07, 6.45) is 1.75. The Morgan fingerprint density at radius 3 is 2.65 bits per heavy atom. The predicted molar refractivity (Wildman–Crippen MR) is 107 cm³/mol. The number of hydrogen-bond donors (Lipinski definition) is 2. The van der Waals surface area contributed by atoms with Gasteiger partial charge in [-0.05, 0) is 30.0 Å². The Balaban J connectivity index is 1.73. The van der Waals surface area contributed by atoms with Crippen LogP contribution in [0.5, 0.6) is 0 Å². The predicted octanol–water partition coefficient (Wildman–Crippen LogP) is 3.64. The first kappa shape index (κ1) is 20.2. The number of nitrogens with zero attached hydrogens (tertiary/aromatic N) is 2. The highest BCUT2D eigenvalue weighted by molar-refractivity contribution is 6.29. The topological polar surface area (TPSA) is 58.5 Å². The molecule has 0 bridgehead atoms. The summed E-state index contributed by atoms with van der Waals surface area (Å²) < 4.78 is 5.79. The summed E-state index contributed by atoms with van der Waals surface area (Å²) in [5.74, 6) is 1.16. The number of aliphatic imine (C=N–C) groups is 1. The second-order valence-corrected chi connectivity index (χ2v) is 6.56. The van der Waals surface area contributed by atoms with Crippen LogP contribution < -0.4 is 10.6 Å². The lowest BCUT2D eigenvalue weighted by Crippen LogP contribution is -2.40. The van der Waals surface area contributed by atoms with Crippen LogP contribution in [0.15, 0.2) is 53.7 Å². The van der Waals surface area contributed by atoms with Crippen molar-refractivity contribution in [1.82, 2.24) is 15.6 Å². The molecule has 140 valence electrons. The second kappa shape index (κ2) is 11.5. The van der Waals surface area contributed by atoms with E-state index in [0.29, 0.717) is 30.8 Å². The van der Waals surface area contributed by atoms with Gasteiger partial charge in [-0.1, -0.05) is 54.9 Å². The average molecular weight is 375 g/mol. The minimum absolute atomic E-state index is 0.375. The molecule has 1 heterocycles. The zero-order chi connectivity index (χ0) is 18.6. The van der Waals surface area contributed by atoms with E-state index in [0.717, 1.165) is 24.6 Å². The van der Waals surface area contributed by atoms with Crippen LogP contribution in [-0.2, 0) is 17.9 Å². The second-order valence-electron chi connectivity index (χ2n) is 6.17. The lowest BCUT2D eigenvalue weighted by molar-refractivity contribution is 0.0931. The molecule has 0 saturated heterocycles. The molecule has 0 aliphatic rings. The molecule has 0 saturated carbocycles. The van der Waals surface area contributed by atoms with E-state index in [4.69, 9.17) is 16.3 Å². The molecule has 0 aliphatic carbocycles. The zero-order valence-corrected chi connectivity index (χ0v) is 16.2. The molecule has 0 fully saturated rings. The standard InChI is InChI=1S/C20H27ClN4O/c1-3-22-20(25-13-18-9-10-19(21)23-12-18)24-11-16(2)14-26-15-17-7-5-4-6-8-17/h4-10,12,16H,3,11,13-15H2,1-2H3,(H2,22,24,25). The number of hydrogen-bond acceptors (Lipinski definition) is 3. The quantitative estimate of drug-likeness (QED) is 0.399. The van der Waals surface area contributed by atoms with Gasteiger partial charge in [0.2, 0.25) is 0 Å². The van der Waals surface area contributed by atoms with E-state index in [9.17, 15) is 0 Å². The van der Waals surface area contributed by atoms with E-state index in [2.05, 4.69) is 39.7 Å². The first-order valence-corrected chi connectivity index (χ1v) is 9.29. The molecule has 0 radical (unpaired) electrons. The molecule has 2 N–H and O–H groups in total. The van der Waals surface area contributed by atoms with Crippen LogP contribution in [0.3, 0.4) is 0 Å². The molecule has 0 aliphatic heterocycles. The number of halogens is 1. The van der Waals surface area contributed by atoms with Crippen molar-refractivity contribution in [2.24, 2.45) is 10.9 Å². The third-order valence-corrected chi connectivity index (χ3v) is 3.91. The SMILES string of the molecule is CCNC(=NCc1ccc(Cl)nc1)NCC(C)COCc1ccccc1. The van der Waals surface area contributed by atoms with E-state index in [1.165, 1.54) is 5.56 Å². The zero-order valence-electron chi connectivity index (χ0n) is 15.4. The highest BCUT2D eigenvalue weighted by atomic mass is 35.5. The summed E-state index contributed by atoms with van der Waals surface area (Å²) in [6, 6.07) is 13.9. The van der Waals surface area contributed by atoms with Crippen molar-refractivity contribution in [3.05, 3.63) is 64.9 Å². The van der Waals surface area contributed by atoms with Crippen molar-refractivity contribution in [3.63, 3.8) is 0 Å². The number of ether oxygens (including phenoxy) is 1.